The maximum absolute atomic E-state index is 5.64. The van der Waals surface area contributed by atoms with Crippen LogP contribution >= 0.6 is 0 Å². The summed E-state index contributed by atoms with van der Waals surface area (Å²) in [7, 11) is 6.38. The van der Waals surface area contributed by atoms with Gasteiger partial charge in [-0.2, -0.15) is 0 Å². The molecule has 0 atom stereocenters. The lowest BCUT2D eigenvalue weighted by molar-refractivity contribution is 0.271. The van der Waals surface area contributed by atoms with E-state index in [4.69, 9.17) is 4.42 Å². The van der Waals surface area contributed by atoms with Crippen molar-refractivity contribution in [2.45, 2.75) is 45.8 Å². The van der Waals surface area contributed by atoms with E-state index in [1.54, 1.807) is 6.26 Å². The van der Waals surface area contributed by atoms with Crippen LogP contribution in [0.1, 0.15) is 38.5 Å². The van der Waals surface area contributed by atoms with Crippen molar-refractivity contribution in [1.29, 1.82) is 0 Å². The van der Waals surface area contributed by atoms with E-state index in [2.05, 4.69) is 63.1 Å². The molecule has 20 heavy (non-hydrogen) atoms. The summed E-state index contributed by atoms with van der Waals surface area (Å²) in [5.41, 5.74) is 1.39. The van der Waals surface area contributed by atoms with E-state index in [9.17, 15) is 0 Å². The van der Waals surface area contributed by atoms with E-state index in [1.165, 1.54) is 12.0 Å². The van der Waals surface area contributed by atoms with Crippen LogP contribution in [0.4, 0.5) is 0 Å². The van der Waals surface area contributed by atoms with Crippen LogP contribution in [0.3, 0.4) is 0 Å². The van der Waals surface area contributed by atoms with E-state index < -0.39 is 0 Å². The van der Waals surface area contributed by atoms with Crippen molar-refractivity contribution >= 4 is 0 Å². The van der Waals surface area contributed by atoms with Crippen molar-refractivity contribution in [2.75, 3.05) is 34.2 Å². The minimum Gasteiger partial charge on any atom is -0.468 e. The third kappa shape index (κ3) is 7.08. The van der Waals surface area contributed by atoms with Gasteiger partial charge in [-0.3, -0.25) is 4.90 Å². The highest BCUT2D eigenvalue weighted by molar-refractivity contribution is 5.17. The van der Waals surface area contributed by atoms with Gasteiger partial charge >= 0.3 is 0 Å². The Morgan fingerprint density at radius 1 is 1.15 bits per heavy atom. The maximum atomic E-state index is 5.64. The summed E-state index contributed by atoms with van der Waals surface area (Å²) >= 11 is 0. The van der Waals surface area contributed by atoms with Crippen LogP contribution in [-0.2, 0) is 13.1 Å². The van der Waals surface area contributed by atoms with E-state index >= 15 is 0 Å². The Balaban J connectivity index is 2.41. The molecule has 0 saturated heterocycles. The molecule has 0 aliphatic heterocycles. The number of nitrogens with zero attached hydrogens (tertiary/aromatic N) is 2. The van der Waals surface area contributed by atoms with Crippen LogP contribution in [0.15, 0.2) is 16.7 Å². The molecule has 1 N–H and O–H groups in total. The van der Waals surface area contributed by atoms with Gasteiger partial charge in [0.05, 0.1) is 12.8 Å². The lowest BCUT2D eigenvalue weighted by Crippen LogP contribution is -2.35. The highest BCUT2D eigenvalue weighted by Gasteiger charge is 2.13. The van der Waals surface area contributed by atoms with Gasteiger partial charge in [0, 0.05) is 17.6 Å². The largest absolute Gasteiger partial charge is 0.468 e. The average molecular weight is 281 g/mol. The van der Waals surface area contributed by atoms with Crippen LogP contribution in [0, 0.1) is 0 Å². The number of hydrogen-bond acceptors (Lipinski definition) is 4. The molecule has 4 heteroatoms. The van der Waals surface area contributed by atoms with Crippen molar-refractivity contribution in [1.82, 2.24) is 15.1 Å². The smallest absolute Gasteiger partial charge is 0.122 e. The fraction of sp³-hybridized carbons (Fsp3) is 0.750. The molecule has 1 heterocycles. The Labute approximate surface area is 124 Å². The molecule has 0 amide bonds. The highest BCUT2D eigenvalue weighted by Crippen LogP contribution is 2.14. The Hall–Kier alpha value is -0.840. The predicted octanol–water partition coefficient (Wildman–Crippen LogP) is 2.55. The molecule has 0 bridgehead atoms. The first kappa shape index (κ1) is 17.2. The summed E-state index contributed by atoms with van der Waals surface area (Å²) in [6.45, 7) is 10.5. The number of rotatable bonds is 8. The van der Waals surface area contributed by atoms with Crippen molar-refractivity contribution in [3.63, 3.8) is 0 Å². The van der Waals surface area contributed by atoms with Crippen LogP contribution in [0.5, 0.6) is 0 Å². The molecule has 116 valence electrons. The summed E-state index contributed by atoms with van der Waals surface area (Å²) in [4.78, 5) is 4.54. The minimum atomic E-state index is 0.131. The normalized spacial score (nSPS) is 12.6. The molecule has 4 nitrogen and oxygen atoms in total. The maximum Gasteiger partial charge on any atom is 0.122 e. The zero-order valence-electron chi connectivity index (χ0n) is 14.0. The Morgan fingerprint density at radius 3 is 2.45 bits per heavy atom. The molecule has 0 aliphatic rings. The minimum absolute atomic E-state index is 0.131. The molecule has 0 saturated carbocycles. The Kier molecular flexibility index (Phi) is 6.72. The summed E-state index contributed by atoms with van der Waals surface area (Å²) in [6.07, 6.45) is 2.97. The Morgan fingerprint density at radius 2 is 1.85 bits per heavy atom. The molecule has 0 aliphatic carbocycles. The zero-order chi connectivity index (χ0) is 15.2. The van der Waals surface area contributed by atoms with Crippen molar-refractivity contribution in [3.8, 4) is 0 Å². The van der Waals surface area contributed by atoms with Gasteiger partial charge < -0.3 is 14.6 Å². The molecule has 1 aromatic rings. The quantitative estimate of drug-likeness (QED) is 0.793. The second-order valence-corrected chi connectivity index (χ2v) is 6.87. The van der Waals surface area contributed by atoms with Crippen molar-refractivity contribution < 1.29 is 4.42 Å². The topological polar surface area (TPSA) is 31.6 Å². The molecule has 0 aromatic carbocycles. The van der Waals surface area contributed by atoms with E-state index in [-0.39, 0.29) is 5.54 Å². The SMILES string of the molecule is CN(C)CCCN(C)Cc1occc1CNC(C)(C)C. The molecule has 0 unspecified atom stereocenters. The van der Waals surface area contributed by atoms with E-state index in [0.717, 1.165) is 31.9 Å². The lowest BCUT2D eigenvalue weighted by atomic mass is 10.1. The molecular weight excluding hydrogens is 250 g/mol. The van der Waals surface area contributed by atoms with Crippen molar-refractivity contribution in [3.05, 3.63) is 23.7 Å². The second-order valence-electron chi connectivity index (χ2n) is 6.87. The summed E-state index contributed by atoms with van der Waals surface area (Å²) < 4.78 is 5.64. The summed E-state index contributed by atoms with van der Waals surface area (Å²) in [5.74, 6) is 1.08. The fourth-order valence-corrected chi connectivity index (χ4v) is 2.00. The number of hydrogen-bond donors (Lipinski definition) is 1. The standard InChI is InChI=1S/C16H31N3O/c1-16(2,3)17-12-14-8-11-20-15(14)13-19(6)10-7-9-18(4)5/h8,11,17H,7,9-10,12-13H2,1-6H3. The Bertz CT molecular complexity index is 379. The third-order valence-corrected chi connectivity index (χ3v) is 3.21. The number of nitrogens with one attached hydrogen (secondary N) is 1. The van der Waals surface area contributed by atoms with Gasteiger partial charge in [0.25, 0.3) is 0 Å². The molecule has 1 aromatic heterocycles. The van der Waals surface area contributed by atoms with Crippen LogP contribution in [0.2, 0.25) is 0 Å². The van der Waals surface area contributed by atoms with Crippen LogP contribution in [0.25, 0.3) is 0 Å². The first-order valence-electron chi connectivity index (χ1n) is 7.41. The zero-order valence-corrected chi connectivity index (χ0v) is 14.0. The highest BCUT2D eigenvalue weighted by atomic mass is 16.3. The van der Waals surface area contributed by atoms with Gasteiger partial charge in [0.2, 0.25) is 0 Å². The van der Waals surface area contributed by atoms with Crippen LogP contribution < -0.4 is 5.32 Å². The van der Waals surface area contributed by atoms with Gasteiger partial charge in [-0.15, -0.1) is 0 Å². The molecule has 0 radical (unpaired) electrons. The van der Waals surface area contributed by atoms with Crippen molar-refractivity contribution in [2.24, 2.45) is 0 Å². The average Bonchev–Trinajstić information content (AvgIpc) is 2.72. The van der Waals surface area contributed by atoms with E-state index in [1.807, 2.05) is 0 Å². The summed E-state index contributed by atoms with van der Waals surface area (Å²) in [5, 5.41) is 3.51. The van der Waals surface area contributed by atoms with Gasteiger partial charge in [0.15, 0.2) is 0 Å². The fourth-order valence-electron chi connectivity index (χ4n) is 2.00. The van der Waals surface area contributed by atoms with Gasteiger partial charge in [-0.25, -0.2) is 0 Å². The van der Waals surface area contributed by atoms with Gasteiger partial charge in [-0.05, 0) is 67.5 Å². The molecule has 1 rings (SSSR count). The van der Waals surface area contributed by atoms with Gasteiger partial charge in [0.1, 0.15) is 5.76 Å². The predicted molar refractivity (Wildman–Crippen MR) is 84.8 cm³/mol. The third-order valence-electron chi connectivity index (χ3n) is 3.21. The molecule has 0 spiro atoms. The lowest BCUT2D eigenvalue weighted by Gasteiger charge is -2.21. The first-order chi connectivity index (χ1) is 9.28. The second kappa shape index (κ2) is 7.81. The monoisotopic (exact) mass is 281 g/mol. The van der Waals surface area contributed by atoms with Gasteiger partial charge in [-0.1, -0.05) is 0 Å². The number of furan rings is 1. The summed E-state index contributed by atoms with van der Waals surface area (Å²) in [6, 6.07) is 2.07. The molecule has 0 fully saturated rings. The molecular formula is C16H31N3O. The van der Waals surface area contributed by atoms with Crippen LogP contribution in [-0.4, -0.2) is 49.6 Å². The van der Waals surface area contributed by atoms with E-state index in [0.29, 0.717) is 0 Å². The first-order valence-corrected chi connectivity index (χ1v) is 7.41.